The predicted octanol–water partition coefficient (Wildman–Crippen LogP) is 1.15. The van der Waals surface area contributed by atoms with E-state index in [1.165, 1.54) is 6.42 Å². The van der Waals surface area contributed by atoms with Gasteiger partial charge in [-0.15, -0.1) is 0 Å². The smallest absolute Gasteiger partial charge is 0.335 e. The lowest BCUT2D eigenvalue weighted by Gasteiger charge is -2.31. The molecule has 1 heterocycles. The molecule has 2 fully saturated rings. The van der Waals surface area contributed by atoms with Crippen LogP contribution in [0.4, 0.5) is 0 Å². The molecule has 1 atom stereocenters. The van der Waals surface area contributed by atoms with E-state index in [1.54, 1.807) is 0 Å². The minimum Gasteiger partial charge on any atom is -0.479 e. The van der Waals surface area contributed by atoms with Crippen LogP contribution in [0.25, 0.3) is 0 Å². The van der Waals surface area contributed by atoms with Crippen LogP contribution in [0.1, 0.15) is 32.1 Å². The highest BCUT2D eigenvalue weighted by molar-refractivity contribution is 5.72. The van der Waals surface area contributed by atoms with E-state index in [0.717, 1.165) is 25.7 Å². The quantitative estimate of drug-likeness (QED) is 0.667. The third-order valence-corrected chi connectivity index (χ3v) is 2.75. The highest BCUT2D eigenvalue weighted by Crippen LogP contribution is 2.37. The Morgan fingerprint density at radius 2 is 2.00 bits per heavy atom. The van der Waals surface area contributed by atoms with Crippen LogP contribution in [0.2, 0.25) is 0 Å². The van der Waals surface area contributed by atoms with Gasteiger partial charge in [-0.3, -0.25) is 0 Å². The van der Waals surface area contributed by atoms with E-state index in [1.807, 2.05) is 0 Å². The molecule has 4 heteroatoms. The maximum atomic E-state index is 10.6. The van der Waals surface area contributed by atoms with Crippen LogP contribution in [0.5, 0.6) is 0 Å². The third-order valence-electron chi connectivity index (χ3n) is 2.75. The highest BCUT2D eigenvalue weighted by atomic mass is 16.8. The molecule has 0 radical (unpaired) electrons. The average molecular weight is 186 g/mol. The maximum absolute atomic E-state index is 10.6. The van der Waals surface area contributed by atoms with Gasteiger partial charge in [0.1, 0.15) is 0 Å². The summed E-state index contributed by atoms with van der Waals surface area (Å²) in [4.78, 5) is 10.6. The lowest BCUT2D eigenvalue weighted by Crippen LogP contribution is -2.34. The van der Waals surface area contributed by atoms with Gasteiger partial charge in [0.05, 0.1) is 6.61 Å². The summed E-state index contributed by atoms with van der Waals surface area (Å²) in [5.41, 5.74) is 0. The van der Waals surface area contributed by atoms with E-state index in [-0.39, 0.29) is 6.61 Å². The van der Waals surface area contributed by atoms with Gasteiger partial charge >= 0.3 is 5.97 Å². The van der Waals surface area contributed by atoms with Crippen LogP contribution in [0.3, 0.4) is 0 Å². The van der Waals surface area contributed by atoms with Crippen molar-refractivity contribution in [3.8, 4) is 0 Å². The van der Waals surface area contributed by atoms with E-state index in [9.17, 15) is 4.79 Å². The van der Waals surface area contributed by atoms with Crippen molar-refractivity contribution in [1.82, 2.24) is 0 Å². The molecular weight excluding hydrogens is 172 g/mol. The number of rotatable bonds is 1. The molecule has 1 saturated heterocycles. The molecule has 13 heavy (non-hydrogen) atoms. The second-order valence-corrected chi connectivity index (χ2v) is 3.73. The predicted molar refractivity (Wildman–Crippen MR) is 44.3 cm³/mol. The average Bonchev–Trinajstić information content (AvgIpc) is 2.51. The number of carboxylic acid groups (broad SMARTS) is 1. The van der Waals surface area contributed by atoms with Gasteiger partial charge in [-0.1, -0.05) is 6.42 Å². The van der Waals surface area contributed by atoms with Gasteiger partial charge in [0.25, 0.3) is 0 Å². The fourth-order valence-electron chi connectivity index (χ4n) is 2.03. The Labute approximate surface area is 76.8 Å². The number of hydrogen-bond acceptors (Lipinski definition) is 3. The standard InChI is InChI=1S/C9H14O4/c10-8(11)7-6-12-9(13-7)4-2-1-3-5-9/h7H,1-6H2,(H,10,11). The molecule has 74 valence electrons. The van der Waals surface area contributed by atoms with Gasteiger partial charge in [-0.25, -0.2) is 4.79 Å². The molecule has 0 aromatic rings. The monoisotopic (exact) mass is 186 g/mol. The van der Waals surface area contributed by atoms with E-state index in [0.29, 0.717) is 0 Å². The Morgan fingerprint density at radius 1 is 1.31 bits per heavy atom. The molecule has 1 spiro atoms. The number of hydrogen-bond donors (Lipinski definition) is 1. The fraction of sp³-hybridized carbons (Fsp3) is 0.889. The van der Waals surface area contributed by atoms with Gasteiger partial charge in [0.2, 0.25) is 0 Å². The third kappa shape index (κ3) is 1.69. The Bertz CT molecular complexity index is 208. The van der Waals surface area contributed by atoms with E-state index < -0.39 is 17.9 Å². The van der Waals surface area contributed by atoms with Crippen LogP contribution in [0, 0.1) is 0 Å². The van der Waals surface area contributed by atoms with Gasteiger partial charge in [-0.2, -0.15) is 0 Å². The highest BCUT2D eigenvalue weighted by Gasteiger charge is 2.44. The first-order valence-electron chi connectivity index (χ1n) is 4.76. The SMILES string of the molecule is O=C(O)C1COC2(CCCCC2)O1. The van der Waals surface area contributed by atoms with Crippen molar-refractivity contribution in [2.24, 2.45) is 0 Å². The van der Waals surface area contributed by atoms with Gasteiger partial charge < -0.3 is 14.6 Å². The van der Waals surface area contributed by atoms with Gasteiger partial charge in [0.15, 0.2) is 11.9 Å². The molecule has 0 aromatic carbocycles. The Hall–Kier alpha value is -0.610. The number of carbonyl (C=O) groups is 1. The Morgan fingerprint density at radius 3 is 2.54 bits per heavy atom. The molecular formula is C9H14O4. The van der Waals surface area contributed by atoms with Crippen molar-refractivity contribution in [1.29, 1.82) is 0 Å². The molecule has 1 N–H and O–H groups in total. The van der Waals surface area contributed by atoms with Gasteiger partial charge in [-0.05, 0) is 12.8 Å². The Kier molecular flexibility index (Phi) is 2.26. The lowest BCUT2D eigenvalue weighted by molar-refractivity contribution is -0.194. The van der Waals surface area contributed by atoms with Crippen molar-refractivity contribution < 1.29 is 19.4 Å². The summed E-state index contributed by atoms with van der Waals surface area (Å²) < 4.78 is 10.9. The summed E-state index contributed by atoms with van der Waals surface area (Å²) in [6, 6.07) is 0. The fourth-order valence-corrected chi connectivity index (χ4v) is 2.03. The zero-order valence-electron chi connectivity index (χ0n) is 7.49. The largest absolute Gasteiger partial charge is 0.479 e. The zero-order valence-corrected chi connectivity index (χ0v) is 7.49. The zero-order chi connectivity index (χ0) is 9.31. The molecule has 4 nitrogen and oxygen atoms in total. The van der Waals surface area contributed by atoms with E-state index in [4.69, 9.17) is 14.6 Å². The van der Waals surface area contributed by atoms with E-state index >= 15 is 0 Å². The molecule has 1 aliphatic heterocycles. The Balaban J connectivity index is 1.98. The number of ether oxygens (including phenoxy) is 2. The molecule has 2 aliphatic rings. The van der Waals surface area contributed by atoms with Crippen LogP contribution in [-0.4, -0.2) is 29.6 Å². The molecule has 2 rings (SSSR count). The summed E-state index contributed by atoms with van der Waals surface area (Å²) >= 11 is 0. The first-order chi connectivity index (χ1) is 6.22. The summed E-state index contributed by atoms with van der Waals surface area (Å²) in [7, 11) is 0. The first-order valence-corrected chi connectivity index (χ1v) is 4.76. The molecule has 1 unspecified atom stereocenters. The van der Waals surface area contributed by atoms with Crippen molar-refractivity contribution in [2.75, 3.05) is 6.61 Å². The molecule has 0 aromatic heterocycles. The minimum absolute atomic E-state index is 0.204. The summed E-state index contributed by atoms with van der Waals surface area (Å²) in [6.45, 7) is 0.204. The molecule has 1 aliphatic carbocycles. The van der Waals surface area contributed by atoms with Crippen molar-refractivity contribution in [3.63, 3.8) is 0 Å². The van der Waals surface area contributed by atoms with Crippen molar-refractivity contribution in [2.45, 2.75) is 44.0 Å². The summed E-state index contributed by atoms with van der Waals surface area (Å²) in [5.74, 6) is -1.47. The van der Waals surface area contributed by atoms with Crippen molar-refractivity contribution >= 4 is 5.97 Å². The molecule has 0 bridgehead atoms. The lowest BCUT2D eigenvalue weighted by atomic mass is 9.94. The maximum Gasteiger partial charge on any atom is 0.335 e. The number of aliphatic carboxylic acids is 1. The normalized spacial score (nSPS) is 32.2. The topological polar surface area (TPSA) is 55.8 Å². The second kappa shape index (κ2) is 3.27. The van der Waals surface area contributed by atoms with Crippen LogP contribution >= 0.6 is 0 Å². The summed E-state index contributed by atoms with van der Waals surface area (Å²) in [6.07, 6.45) is 4.29. The number of carboxylic acids is 1. The minimum atomic E-state index is -0.914. The van der Waals surface area contributed by atoms with Gasteiger partial charge in [0, 0.05) is 12.8 Å². The molecule has 1 saturated carbocycles. The van der Waals surface area contributed by atoms with E-state index in [2.05, 4.69) is 0 Å². The second-order valence-electron chi connectivity index (χ2n) is 3.73. The van der Waals surface area contributed by atoms with Crippen LogP contribution in [0.15, 0.2) is 0 Å². The van der Waals surface area contributed by atoms with Crippen LogP contribution < -0.4 is 0 Å². The van der Waals surface area contributed by atoms with Crippen LogP contribution in [-0.2, 0) is 14.3 Å². The summed E-state index contributed by atoms with van der Waals surface area (Å²) in [5, 5.41) is 8.72. The molecule has 0 amide bonds. The first kappa shape index (κ1) is 8.97. The van der Waals surface area contributed by atoms with Crippen molar-refractivity contribution in [3.05, 3.63) is 0 Å².